The summed E-state index contributed by atoms with van der Waals surface area (Å²) in [4.78, 5) is 16.4. The Morgan fingerprint density at radius 3 is 3.08 bits per heavy atom. The number of hydrogen-bond acceptors (Lipinski definition) is 6. The molecule has 0 aromatic carbocycles. The first-order valence-electron chi connectivity index (χ1n) is 9.13. The van der Waals surface area contributed by atoms with Gasteiger partial charge in [-0.3, -0.25) is 5.10 Å². The molecule has 2 aromatic heterocycles. The molecule has 26 heavy (non-hydrogen) atoms. The van der Waals surface area contributed by atoms with Crippen LogP contribution < -0.4 is 15.4 Å². The number of carbonyl (C=O) groups excluding carboxylic acids is 1. The van der Waals surface area contributed by atoms with E-state index in [0.29, 0.717) is 36.6 Å². The molecule has 6 bridgehead atoms. The third kappa shape index (κ3) is 4.07. The van der Waals surface area contributed by atoms with E-state index in [1.165, 1.54) is 0 Å². The minimum atomic E-state index is -0.334. The monoisotopic (exact) mass is 357 g/mol. The summed E-state index contributed by atoms with van der Waals surface area (Å²) in [5, 5.41) is 13.4. The smallest absolute Gasteiger partial charge is 0.407 e. The van der Waals surface area contributed by atoms with E-state index in [9.17, 15) is 4.79 Å². The molecule has 2 aliphatic rings. The van der Waals surface area contributed by atoms with Crippen molar-refractivity contribution in [2.24, 2.45) is 0 Å². The molecule has 138 valence electrons. The number of hydrogen-bond donors (Lipinski definition) is 3. The van der Waals surface area contributed by atoms with E-state index in [-0.39, 0.29) is 12.2 Å². The summed E-state index contributed by atoms with van der Waals surface area (Å²) < 4.78 is 11.2. The van der Waals surface area contributed by atoms with Gasteiger partial charge in [0, 0.05) is 30.3 Å². The number of ether oxygens (including phenoxy) is 2. The molecule has 0 radical (unpaired) electrons. The SMILES string of the molecule is O=C1NCCCCOc2cccc(n2)Nc2cc([nH]n2)[C@H]2CC[C@H](C2)O1. The van der Waals surface area contributed by atoms with Gasteiger partial charge >= 0.3 is 6.09 Å². The molecule has 2 aromatic rings. The standard InChI is InChI=1S/C18H23N5O3/c24-18-19-8-1-2-9-25-17-5-3-4-15(21-17)20-16-11-14(22-23-16)12-6-7-13(10-12)26-18/h3-5,11-13H,1-2,6-10H2,(H,19,24)(H2,20,21,22,23)/t12-,13+/m0/s1. The second-order valence-electron chi connectivity index (χ2n) is 6.71. The van der Waals surface area contributed by atoms with Crippen molar-refractivity contribution in [2.45, 2.75) is 44.1 Å². The number of fused-ring (bicyclic) bond motifs is 7. The van der Waals surface area contributed by atoms with Gasteiger partial charge in [0.05, 0.1) is 6.61 Å². The van der Waals surface area contributed by atoms with Crippen LogP contribution in [0.25, 0.3) is 0 Å². The fraction of sp³-hybridized carbons (Fsp3) is 0.500. The topological polar surface area (TPSA) is 101 Å². The molecular formula is C18H23N5O3. The maximum absolute atomic E-state index is 11.9. The zero-order chi connectivity index (χ0) is 17.8. The molecule has 1 saturated carbocycles. The van der Waals surface area contributed by atoms with Gasteiger partial charge < -0.3 is 20.1 Å². The lowest BCUT2D eigenvalue weighted by Gasteiger charge is -2.13. The molecule has 0 spiro atoms. The minimum Gasteiger partial charge on any atom is -0.478 e. The second kappa shape index (κ2) is 7.63. The first-order valence-corrected chi connectivity index (χ1v) is 9.13. The van der Waals surface area contributed by atoms with E-state index >= 15 is 0 Å². The number of amides is 1. The predicted octanol–water partition coefficient (Wildman–Crippen LogP) is 3.08. The van der Waals surface area contributed by atoms with E-state index < -0.39 is 0 Å². The van der Waals surface area contributed by atoms with Crippen molar-refractivity contribution in [3.8, 4) is 5.88 Å². The van der Waals surface area contributed by atoms with Gasteiger partial charge in [0.25, 0.3) is 0 Å². The Morgan fingerprint density at radius 1 is 1.15 bits per heavy atom. The van der Waals surface area contributed by atoms with Crippen LogP contribution in [-0.2, 0) is 4.74 Å². The highest BCUT2D eigenvalue weighted by Gasteiger charge is 2.29. The van der Waals surface area contributed by atoms with Gasteiger partial charge in [-0.2, -0.15) is 10.1 Å². The van der Waals surface area contributed by atoms with E-state index in [2.05, 4.69) is 25.8 Å². The number of nitrogens with one attached hydrogen (secondary N) is 3. The number of rotatable bonds is 0. The molecule has 2 atom stereocenters. The predicted molar refractivity (Wildman–Crippen MR) is 95.7 cm³/mol. The average molecular weight is 357 g/mol. The van der Waals surface area contributed by atoms with Crippen LogP contribution >= 0.6 is 0 Å². The van der Waals surface area contributed by atoms with Gasteiger partial charge in [0.15, 0.2) is 5.82 Å². The zero-order valence-corrected chi connectivity index (χ0v) is 14.5. The molecule has 4 rings (SSSR count). The van der Waals surface area contributed by atoms with Crippen LogP contribution in [-0.4, -0.2) is 40.5 Å². The Balaban J connectivity index is 1.51. The van der Waals surface area contributed by atoms with Crippen LogP contribution in [0.4, 0.5) is 16.4 Å². The van der Waals surface area contributed by atoms with Crippen molar-refractivity contribution < 1.29 is 14.3 Å². The molecule has 1 fully saturated rings. The number of carbonyl (C=O) groups is 1. The van der Waals surface area contributed by atoms with Crippen LogP contribution in [0.2, 0.25) is 0 Å². The van der Waals surface area contributed by atoms with Gasteiger partial charge in [-0.1, -0.05) is 6.07 Å². The largest absolute Gasteiger partial charge is 0.478 e. The Kier molecular flexibility index (Phi) is 4.90. The number of aromatic amines is 1. The maximum Gasteiger partial charge on any atom is 0.407 e. The van der Waals surface area contributed by atoms with Crippen molar-refractivity contribution in [3.05, 3.63) is 30.0 Å². The first-order chi connectivity index (χ1) is 12.8. The minimum absolute atomic E-state index is 0.0414. The van der Waals surface area contributed by atoms with E-state index in [0.717, 1.165) is 37.8 Å². The Labute approximate surface area is 151 Å². The maximum atomic E-state index is 11.9. The lowest BCUT2D eigenvalue weighted by Crippen LogP contribution is -2.29. The quantitative estimate of drug-likeness (QED) is 0.670. The van der Waals surface area contributed by atoms with E-state index in [1.807, 2.05) is 24.3 Å². The van der Waals surface area contributed by atoms with Gasteiger partial charge in [0.2, 0.25) is 5.88 Å². The van der Waals surface area contributed by atoms with Gasteiger partial charge in [-0.05, 0) is 38.2 Å². The fourth-order valence-electron chi connectivity index (χ4n) is 3.42. The first kappa shape index (κ1) is 16.7. The van der Waals surface area contributed by atoms with Crippen LogP contribution in [0.15, 0.2) is 24.3 Å². The number of aromatic nitrogens is 3. The lowest BCUT2D eigenvalue weighted by molar-refractivity contribution is 0.0999. The molecule has 8 nitrogen and oxygen atoms in total. The molecule has 8 heteroatoms. The third-order valence-corrected chi connectivity index (χ3v) is 4.77. The van der Waals surface area contributed by atoms with E-state index in [1.54, 1.807) is 0 Å². The van der Waals surface area contributed by atoms with Gasteiger partial charge in [0.1, 0.15) is 11.9 Å². The summed E-state index contributed by atoms with van der Waals surface area (Å²) in [6.07, 6.45) is 3.94. The third-order valence-electron chi connectivity index (χ3n) is 4.77. The molecule has 1 aliphatic carbocycles. The number of nitrogens with zero attached hydrogens (tertiary/aromatic N) is 2. The van der Waals surface area contributed by atoms with E-state index in [4.69, 9.17) is 9.47 Å². The highest BCUT2D eigenvalue weighted by atomic mass is 16.6. The summed E-state index contributed by atoms with van der Waals surface area (Å²) in [6, 6.07) is 7.60. The molecule has 3 N–H and O–H groups in total. The summed E-state index contributed by atoms with van der Waals surface area (Å²) in [5.41, 5.74) is 1.05. The van der Waals surface area contributed by atoms with Crippen molar-refractivity contribution in [3.63, 3.8) is 0 Å². The number of pyridine rings is 1. The summed E-state index contributed by atoms with van der Waals surface area (Å²) in [6.45, 7) is 1.13. The molecule has 0 saturated heterocycles. The number of H-pyrrole nitrogens is 1. The lowest BCUT2D eigenvalue weighted by atomic mass is 10.0. The summed E-state index contributed by atoms with van der Waals surface area (Å²) >= 11 is 0. The number of anilines is 2. The Hall–Kier alpha value is -2.77. The van der Waals surface area contributed by atoms with Crippen molar-refractivity contribution in [1.29, 1.82) is 0 Å². The average Bonchev–Trinajstić information content (AvgIpc) is 3.27. The summed E-state index contributed by atoms with van der Waals surface area (Å²) in [5.74, 6) is 2.30. The normalized spacial score (nSPS) is 23.6. The highest BCUT2D eigenvalue weighted by molar-refractivity contribution is 5.67. The Bertz CT molecular complexity index is 763. The van der Waals surface area contributed by atoms with Gasteiger partial charge in [-0.15, -0.1) is 0 Å². The fourth-order valence-corrected chi connectivity index (χ4v) is 3.42. The molecule has 1 aliphatic heterocycles. The van der Waals surface area contributed by atoms with Crippen molar-refractivity contribution in [2.75, 3.05) is 18.5 Å². The van der Waals surface area contributed by atoms with Crippen molar-refractivity contribution >= 4 is 17.7 Å². The van der Waals surface area contributed by atoms with Crippen LogP contribution in [0, 0.1) is 0 Å². The zero-order valence-electron chi connectivity index (χ0n) is 14.5. The van der Waals surface area contributed by atoms with Gasteiger partial charge in [-0.25, -0.2) is 4.79 Å². The molecule has 3 heterocycles. The summed E-state index contributed by atoms with van der Waals surface area (Å²) in [7, 11) is 0. The second-order valence-corrected chi connectivity index (χ2v) is 6.71. The van der Waals surface area contributed by atoms with Crippen LogP contribution in [0.1, 0.15) is 43.7 Å². The highest BCUT2D eigenvalue weighted by Crippen LogP contribution is 2.36. The Morgan fingerprint density at radius 2 is 2.12 bits per heavy atom. The van der Waals surface area contributed by atoms with Crippen LogP contribution in [0.3, 0.4) is 0 Å². The molecular weight excluding hydrogens is 334 g/mol. The van der Waals surface area contributed by atoms with Crippen LogP contribution in [0.5, 0.6) is 5.88 Å². The number of alkyl carbamates (subject to hydrolysis) is 1. The van der Waals surface area contributed by atoms with Crippen molar-refractivity contribution in [1.82, 2.24) is 20.5 Å². The molecule has 0 unspecified atom stereocenters. The molecule has 1 amide bonds.